The van der Waals surface area contributed by atoms with E-state index in [1.165, 1.54) is 0 Å². The molecule has 104 valence electrons. The Morgan fingerprint density at radius 1 is 1.15 bits per heavy atom. The molecule has 1 aliphatic heterocycles. The molecule has 1 nitrogen and oxygen atoms in total. The predicted molar refractivity (Wildman–Crippen MR) is 77.8 cm³/mol. The SMILES string of the molecule is Fc1cc(Cl)c(C(Br)c2ccc3c(c2)CCO3)cc1F. The molecule has 5 heteroatoms. The van der Waals surface area contributed by atoms with Gasteiger partial charge >= 0.3 is 0 Å². The summed E-state index contributed by atoms with van der Waals surface area (Å²) in [6, 6.07) is 7.90. The van der Waals surface area contributed by atoms with Crippen molar-refractivity contribution in [2.75, 3.05) is 6.61 Å². The van der Waals surface area contributed by atoms with Crippen LogP contribution in [0, 0.1) is 11.6 Å². The zero-order chi connectivity index (χ0) is 14.3. The molecule has 2 aromatic carbocycles. The lowest BCUT2D eigenvalue weighted by molar-refractivity contribution is 0.357. The molecule has 0 bridgehead atoms. The van der Waals surface area contributed by atoms with Gasteiger partial charge in [-0.15, -0.1) is 0 Å². The highest BCUT2D eigenvalue weighted by Crippen LogP contribution is 2.38. The molecular formula is C15H10BrClF2O. The second-order valence-electron chi connectivity index (χ2n) is 4.62. The lowest BCUT2D eigenvalue weighted by atomic mass is 10.0. The summed E-state index contributed by atoms with van der Waals surface area (Å²) < 4.78 is 31.9. The van der Waals surface area contributed by atoms with Crippen molar-refractivity contribution < 1.29 is 13.5 Å². The maximum absolute atomic E-state index is 13.4. The van der Waals surface area contributed by atoms with E-state index in [1.54, 1.807) is 0 Å². The molecule has 0 N–H and O–H groups in total. The van der Waals surface area contributed by atoms with Gasteiger partial charge in [-0.3, -0.25) is 0 Å². The molecule has 0 saturated heterocycles. The number of hydrogen-bond donors (Lipinski definition) is 0. The fourth-order valence-electron chi connectivity index (χ4n) is 2.28. The van der Waals surface area contributed by atoms with Crippen molar-refractivity contribution in [2.45, 2.75) is 11.2 Å². The lowest BCUT2D eigenvalue weighted by Crippen LogP contribution is -1.97. The number of alkyl halides is 1. The van der Waals surface area contributed by atoms with Gasteiger partial charge in [-0.1, -0.05) is 39.7 Å². The van der Waals surface area contributed by atoms with Crippen molar-refractivity contribution in [3.8, 4) is 5.75 Å². The minimum absolute atomic E-state index is 0.197. The summed E-state index contributed by atoms with van der Waals surface area (Å²) in [7, 11) is 0. The molecule has 0 aliphatic carbocycles. The van der Waals surface area contributed by atoms with Gasteiger partial charge in [0.1, 0.15) is 5.75 Å². The third kappa shape index (κ3) is 2.42. The summed E-state index contributed by atoms with van der Waals surface area (Å²) in [6.45, 7) is 0.678. The normalized spacial score (nSPS) is 14.8. The quantitative estimate of drug-likeness (QED) is 0.539. The Kier molecular flexibility index (Phi) is 3.69. The molecule has 3 rings (SSSR count). The van der Waals surface area contributed by atoms with Gasteiger partial charge in [0, 0.05) is 11.4 Å². The lowest BCUT2D eigenvalue weighted by Gasteiger charge is -2.14. The largest absolute Gasteiger partial charge is 0.493 e. The van der Waals surface area contributed by atoms with Crippen LogP contribution in [0.2, 0.25) is 5.02 Å². The highest BCUT2D eigenvalue weighted by molar-refractivity contribution is 9.09. The monoisotopic (exact) mass is 358 g/mol. The number of benzene rings is 2. The van der Waals surface area contributed by atoms with E-state index in [0.29, 0.717) is 12.2 Å². The van der Waals surface area contributed by atoms with Crippen molar-refractivity contribution >= 4 is 27.5 Å². The molecule has 1 atom stereocenters. The number of hydrogen-bond acceptors (Lipinski definition) is 1. The van der Waals surface area contributed by atoms with Gasteiger partial charge in [0.05, 0.1) is 11.4 Å². The maximum Gasteiger partial charge on any atom is 0.160 e. The number of halogens is 4. The van der Waals surface area contributed by atoms with Gasteiger partial charge in [-0.25, -0.2) is 8.78 Å². The van der Waals surface area contributed by atoms with Gasteiger partial charge < -0.3 is 4.74 Å². The van der Waals surface area contributed by atoms with Crippen molar-refractivity contribution in [1.82, 2.24) is 0 Å². The van der Waals surface area contributed by atoms with E-state index in [2.05, 4.69) is 15.9 Å². The van der Waals surface area contributed by atoms with Crippen LogP contribution in [0.4, 0.5) is 8.78 Å². The third-order valence-electron chi connectivity index (χ3n) is 3.32. The maximum atomic E-state index is 13.4. The topological polar surface area (TPSA) is 9.23 Å². The van der Waals surface area contributed by atoms with E-state index in [-0.39, 0.29) is 9.85 Å². The van der Waals surface area contributed by atoms with Crippen LogP contribution in [0.25, 0.3) is 0 Å². The molecule has 0 aromatic heterocycles. The third-order valence-corrected chi connectivity index (χ3v) is 4.67. The van der Waals surface area contributed by atoms with Crippen molar-refractivity contribution in [3.05, 3.63) is 63.7 Å². The minimum atomic E-state index is -0.944. The molecule has 20 heavy (non-hydrogen) atoms. The summed E-state index contributed by atoms with van der Waals surface area (Å²) in [5, 5.41) is 0.197. The van der Waals surface area contributed by atoms with Gasteiger partial charge in [0.15, 0.2) is 11.6 Å². The average molecular weight is 360 g/mol. The van der Waals surface area contributed by atoms with E-state index in [9.17, 15) is 8.78 Å². The Morgan fingerprint density at radius 2 is 1.90 bits per heavy atom. The standard InChI is InChI=1S/C15H10BrClF2O/c16-15(10-6-12(18)13(19)7-11(10)17)9-1-2-14-8(5-9)3-4-20-14/h1-2,5-7,15H,3-4H2. The Bertz CT molecular complexity index is 675. The van der Waals surface area contributed by atoms with E-state index < -0.39 is 11.6 Å². The van der Waals surface area contributed by atoms with Crippen molar-refractivity contribution in [1.29, 1.82) is 0 Å². The first-order valence-electron chi connectivity index (χ1n) is 6.10. The van der Waals surface area contributed by atoms with Crippen molar-refractivity contribution in [2.24, 2.45) is 0 Å². The molecule has 1 aliphatic rings. The first-order chi connectivity index (χ1) is 9.56. The summed E-state index contributed by atoms with van der Waals surface area (Å²) >= 11 is 9.50. The zero-order valence-electron chi connectivity index (χ0n) is 10.3. The molecule has 1 heterocycles. The van der Waals surface area contributed by atoms with E-state index >= 15 is 0 Å². The number of fused-ring (bicyclic) bond motifs is 1. The highest BCUT2D eigenvalue weighted by atomic mass is 79.9. The summed E-state index contributed by atoms with van der Waals surface area (Å²) in [5.74, 6) is -0.969. The van der Waals surface area contributed by atoms with Crippen LogP contribution in [-0.2, 0) is 6.42 Å². The van der Waals surface area contributed by atoms with Crippen LogP contribution in [0.1, 0.15) is 21.5 Å². The van der Waals surface area contributed by atoms with Crippen LogP contribution in [0.15, 0.2) is 30.3 Å². The summed E-state index contributed by atoms with van der Waals surface area (Å²) in [5.41, 5.74) is 2.55. The highest BCUT2D eigenvalue weighted by Gasteiger charge is 2.20. The molecule has 0 fully saturated rings. The Morgan fingerprint density at radius 3 is 2.70 bits per heavy atom. The first-order valence-corrected chi connectivity index (χ1v) is 7.40. The molecule has 0 radical (unpaired) electrons. The fourth-order valence-corrected chi connectivity index (χ4v) is 3.33. The first kappa shape index (κ1) is 13.8. The molecular weight excluding hydrogens is 350 g/mol. The molecule has 2 aromatic rings. The van der Waals surface area contributed by atoms with E-state index in [4.69, 9.17) is 16.3 Å². The Balaban J connectivity index is 2.00. The van der Waals surface area contributed by atoms with Crippen LogP contribution in [0.5, 0.6) is 5.75 Å². The second-order valence-corrected chi connectivity index (χ2v) is 5.94. The van der Waals surface area contributed by atoms with Crippen LogP contribution >= 0.6 is 27.5 Å². The molecule has 0 amide bonds. The van der Waals surface area contributed by atoms with Crippen molar-refractivity contribution in [3.63, 3.8) is 0 Å². The van der Waals surface area contributed by atoms with Gasteiger partial charge in [-0.05, 0) is 34.9 Å². The van der Waals surface area contributed by atoms with Crippen LogP contribution < -0.4 is 4.74 Å². The average Bonchev–Trinajstić information content (AvgIpc) is 2.89. The second kappa shape index (κ2) is 5.34. The van der Waals surface area contributed by atoms with Gasteiger partial charge in [0.2, 0.25) is 0 Å². The van der Waals surface area contributed by atoms with E-state index in [0.717, 1.165) is 35.4 Å². The van der Waals surface area contributed by atoms with Crippen LogP contribution in [0.3, 0.4) is 0 Å². The van der Waals surface area contributed by atoms with Gasteiger partial charge in [-0.2, -0.15) is 0 Å². The smallest absolute Gasteiger partial charge is 0.160 e. The molecule has 0 spiro atoms. The zero-order valence-corrected chi connectivity index (χ0v) is 12.6. The molecule has 0 saturated carbocycles. The number of rotatable bonds is 2. The Labute approximate surface area is 128 Å². The predicted octanol–water partition coefficient (Wildman–Crippen LogP) is 5.04. The number of ether oxygens (including phenoxy) is 1. The Hall–Kier alpha value is -1.13. The van der Waals surface area contributed by atoms with Gasteiger partial charge in [0.25, 0.3) is 0 Å². The van der Waals surface area contributed by atoms with Crippen LogP contribution in [-0.4, -0.2) is 6.61 Å². The fraction of sp³-hybridized carbons (Fsp3) is 0.200. The van der Waals surface area contributed by atoms with E-state index in [1.807, 2.05) is 18.2 Å². The summed E-state index contributed by atoms with van der Waals surface area (Å²) in [6.07, 6.45) is 0.856. The minimum Gasteiger partial charge on any atom is -0.493 e. The molecule has 1 unspecified atom stereocenters. The summed E-state index contributed by atoms with van der Waals surface area (Å²) in [4.78, 5) is -0.295.